The van der Waals surface area contributed by atoms with Gasteiger partial charge in [0, 0.05) is 18.2 Å². The number of thiol groups is 1. The number of aromatic nitrogens is 3. The van der Waals surface area contributed by atoms with Gasteiger partial charge in [-0.3, -0.25) is 4.90 Å². The van der Waals surface area contributed by atoms with Gasteiger partial charge < -0.3 is 14.4 Å². The van der Waals surface area contributed by atoms with Crippen LogP contribution in [0.15, 0.2) is 51.3 Å². The summed E-state index contributed by atoms with van der Waals surface area (Å²) in [4.78, 5) is 23.5. The summed E-state index contributed by atoms with van der Waals surface area (Å²) in [6.45, 7) is 2.22. The van der Waals surface area contributed by atoms with Crippen molar-refractivity contribution in [2.75, 3.05) is 11.4 Å². The Morgan fingerprint density at radius 1 is 1.25 bits per heavy atom. The van der Waals surface area contributed by atoms with Crippen molar-refractivity contribution in [2.45, 2.75) is 11.3 Å². The fourth-order valence-electron chi connectivity index (χ4n) is 2.58. The van der Waals surface area contributed by atoms with E-state index in [1.54, 1.807) is 36.4 Å². The van der Waals surface area contributed by atoms with Gasteiger partial charge in [0.25, 0.3) is 5.88 Å². The van der Waals surface area contributed by atoms with Gasteiger partial charge in [-0.25, -0.2) is 14.8 Å². The molecule has 4 rings (SSSR count). The van der Waals surface area contributed by atoms with E-state index in [1.807, 2.05) is 6.92 Å². The monoisotopic (exact) mass is 414 g/mol. The summed E-state index contributed by atoms with van der Waals surface area (Å²) < 4.78 is 11.1. The first kappa shape index (κ1) is 18.3. The highest BCUT2D eigenvalue weighted by molar-refractivity contribution is 7.82. The fourth-order valence-corrected chi connectivity index (χ4v) is 3.62. The normalized spacial score (nSPS) is 10.9. The van der Waals surface area contributed by atoms with Crippen LogP contribution in [-0.4, -0.2) is 32.9 Å². The second kappa shape index (κ2) is 7.49. The standard InChI is InChI=1S/C18H14N4O4S2/c1-2-22(14-8-7-12-16(20-14)28-17(27)19-12)18(24)25-11-5-3-10(4-6-11)13-9-15(23)21-26-13/h3-9H,2H2,1H3,(H,19,27)(H,21,23). The topological polar surface area (TPSA) is 102 Å². The molecule has 0 spiro atoms. The maximum Gasteiger partial charge on any atom is 0.420 e. The number of ether oxygens (including phenoxy) is 1. The van der Waals surface area contributed by atoms with E-state index < -0.39 is 6.09 Å². The zero-order valence-electron chi connectivity index (χ0n) is 14.6. The van der Waals surface area contributed by atoms with Crippen molar-refractivity contribution >= 4 is 46.2 Å². The molecule has 28 heavy (non-hydrogen) atoms. The molecule has 0 radical (unpaired) electrons. The van der Waals surface area contributed by atoms with Crippen LogP contribution in [0.3, 0.4) is 0 Å². The Hall–Kier alpha value is -3.11. The van der Waals surface area contributed by atoms with Gasteiger partial charge in [-0.05, 0) is 48.5 Å². The van der Waals surface area contributed by atoms with Crippen LogP contribution in [0.1, 0.15) is 6.92 Å². The molecule has 0 aliphatic rings. The number of nitrogens with zero attached hydrogens (tertiary/aromatic N) is 4. The average Bonchev–Trinajstić information content (AvgIpc) is 3.27. The average molecular weight is 414 g/mol. The van der Waals surface area contributed by atoms with Crippen LogP contribution in [0, 0.1) is 0 Å². The van der Waals surface area contributed by atoms with Crippen molar-refractivity contribution in [1.82, 2.24) is 15.1 Å². The molecule has 4 aromatic rings. The van der Waals surface area contributed by atoms with E-state index in [0.29, 0.717) is 38.6 Å². The zero-order chi connectivity index (χ0) is 19.7. The van der Waals surface area contributed by atoms with E-state index in [9.17, 15) is 9.90 Å². The van der Waals surface area contributed by atoms with E-state index in [4.69, 9.17) is 9.26 Å². The molecule has 0 unspecified atom stereocenters. The third kappa shape index (κ3) is 3.64. The lowest BCUT2D eigenvalue weighted by molar-refractivity contribution is 0.207. The van der Waals surface area contributed by atoms with Gasteiger partial charge in [-0.2, -0.15) is 0 Å². The number of carbonyl (C=O) groups is 1. The Labute approximate surface area is 168 Å². The maximum atomic E-state index is 12.6. The second-order valence-electron chi connectivity index (χ2n) is 5.68. The van der Waals surface area contributed by atoms with Gasteiger partial charge in [0.05, 0.1) is 0 Å². The number of amides is 1. The lowest BCUT2D eigenvalue weighted by Crippen LogP contribution is -2.33. The molecule has 0 saturated heterocycles. The van der Waals surface area contributed by atoms with Gasteiger partial charge in [0.2, 0.25) is 0 Å². The molecule has 8 nitrogen and oxygen atoms in total. The number of pyridine rings is 1. The molecule has 142 valence electrons. The van der Waals surface area contributed by atoms with E-state index in [2.05, 4.69) is 27.8 Å². The predicted octanol–water partition coefficient (Wildman–Crippen LogP) is 4.37. The maximum absolute atomic E-state index is 12.6. The van der Waals surface area contributed by atoms with Crippen molar-refractivity contribution in [1.29, 1.82) is 0 Å². The summed E-state index contributed by atoms with van der Waals surface area (Å²) in [5.41, 5.74) is 1.43. The molecule has 1 N–H and O–H groups in total. The first-order chi connectivity index (χ1) is 13.5. The number of carbonyl (C=O) groups excluding carboxylic acids is 1. The van der Waals surface area contributed by atoms with Crippen molar-refractivity contribution < 1.29 is 19.2 Å². The molecule has 0 aliphatic heterocycles. The third-order valence-electron chi connectivity index (χ3n) is 3.88. The molecule has 0 aliphatic carbocycles. The number of thiazole rings is 1. The summed E-state index contributed by atoms with van der Waals surface area (Å²) in [6.07, 6.45) is -0.546. The molecule has 0 bridgehead atoms. The minimum atomic E-state index is -0.546. The highest BCUT2D eigenvalue weighted by Gasteiger charge is 2.19. The van der Waals surface area contributed by atoms with Crippen LogP contribution in [0.5, 0.6) is 11.6 Å². The molecule has 10 heteroatoms. The summed E-state index contributed by atoms with van der Waals surface area (Å²) >= 11 is 5.57. The highest BCUT2D eigenvalue weighted by Crippen LogP contribution is 2.27. The molecule has 0 fully saturated rings. The van der Waals surface area contributed by atoms with E-state index in [1.165, 1.54) is 22.3 Å². The number of rotatable bonds is 4. The molecule has 0 saturated carbocycles. The molecular formula is C18H14N4O4S2. The van der Waals surface area contributed by atoms with Crippen LogP contribution in [0.4, 0.5) is 10.6 Å². The van der Waals surface area contributed by atoms with Crippen molar-refractivity contribution in [3.05, 3.63) is 42.5 Å². The molecule has 3 aromatic heterocycles. The zero-order valence-corrected chi connectivity index (χ0v) is 16.3. The molecule has 3 heterocycles. The minimum absolute atomic E-state index is 0.195. The largest absolute Gasteiger partial charge is 0.491 e. The second-order valence-corrected chi connectivity index (χ2v) is 7.38. The van der Waals surface area contributed by atoms with Crippen LogP contribution in [0.25, 0.3) is 21.7 Å². The number of aromatic hydroxyl groups is 1. The Morgan fingerprint density at radius 2 is 2.04 bits per heavy atom. The summed E-state index contributed by atoms with van der Waals surface area (Å²) in [5, 5.41) is 12.7. The number of benzene rings is 1. The van der Waals surface area contributed by atoms with Crippen LogP contribution < -0.4 is 9.64 Å². The van der Waals surface area contributed by atoms with E-state index in [-0.39, 0.29) is 5.88 Å². The molecule has 1 aromatic carbocycles. The lowest BCUT2D eigenvalue weighted by Gasteiger charge is -2.19. The Bertz CT molecular complexity index is 1140. The van der Waals surface area contributed by atoms with E-state index in [0.717, 1.165) is 5.52 Å². The Balaban J connectivity index is 1.52. The summed E-state index contributed by atoms with van der Waals surface area (Å²) in [5.74, 6) is 1.06. The fraction of sp³-hybridized carbons (Fsp3) is 0.111. The van der Waals surface area contributed by atoms with E-state index >= 15 is 0 Å². The Kier molecular flexibility index (Phi) is 4.88. The third-order valence-corrected chi connectivity index (χ3v) is 5.03. The van der Waals surface area contributed by atoms with Crippen LogP contribution in [0.2, 0.25) is 0 Å². The van der Waals surface area contributed by atoms with Gasteiger partial charge in [-0.1, -0.05) is 11.3 Å². The van der Waals surface area contributed by atoms with Crippen LogP contribution in [-0.2, 0) is 0 Å². The van der Waals surface area contributed by atoms with Crippen molar-refractivity contribution in [3.8, 4) is 23.0 Å². The number of hydrogen-bond donors (Lipinski definition) is 2. The molecule has 0 atom stereocenters. The SMILES string of the molecule is CCN(C(=O)Oc1ccc(-c2cc(O)no2)cc1)c1ccc2nc(S)sc2n1. The van der Waals surface area contributed by atoms with Gasteiger partial charge in [-0.15, -0.1) is 12.6 Å². The summed E-state index contributed by atoms with van der Waals surface area (Å²) in [7, 11) is 0. The van der Waals surface area contributed by atoms with Crippen molar-refractivity contribution in [3.63, 3.8) is 0 Å². The number of anilines is 1. The number of hydrogen-bond acceptors (Lipinski definition) is 9. The van der Waals surface area contributed by atoms with Gasteiger partial charge in [0.1, 0.15) is 26.3 Å². The van der Waals surface area contributed by atoms with Gasteiger partial charge >= 0.3 is 6.09 Å². The Morgan fingerprint density at radius 3 is 2.71 bits per heavy atom. The minimum Gasteiger partial charge on any atom is -0.491 e. The highest BCUT2D eigenvalue weighted by atomic mass is 32.2. The smallest absolute Gasteiger partial charge is 0.420 e. The van der Waals surface area contributed by atoms with Crippen LogP contribution >= 0.6 is 24.0 Å². The molecule has 1 amide bonds. The molecular weight excluding hydrogens is 400 g/mol. The number of fused-ring (bicyclic) bond motifs is 1. The first-order valence-corrected chi connectivity index (χ1v) is 9.52. The summed E-state index contributed by atoms with van der Waals surface area (Å²) in [6, 6.07) is 11.6. The quantitative estimate of drug-likeness (QED) is 0.478. The predicted molar refractivity (Wildman–Crippen MR) is 107 cm³/mol. The first-order valence-electron chi connectivity index (χ1n) is 8.25. The van der Waals surface area contributed by atoms with Gasteiger partial charge in [0.15, 0.2) is 5.76 Å². The lowest BCUT2D eigenvalue weighted by atomic mass is 10.2. The van der Waals surface area contributed by atoms with Crippen molar-refractivity contribution in [2.24, 2.45) is 0 Å².